The van der Waals surface area contributed by atoms with E-state index in [1.807, 2.05) is 22.6 Å². The third-order valence-electron chi connectivity index (χ3n) is 4.14. The van der Waals surface area contributed by atoms with Crippen LogP contribution in [0.3, 0.4) is 0 Å². The Labute approximate surface area is 185 Å². The fourth-order valence-corrected chi connectivity index (χ4v) is 3.72. The van der Waals surface area contributed by atoms with E-state index < -0.39 is 45.5 Å². The van der Waals surface area contributed by atoms with Gasteiger partial charge in [0.25, 0.3) is 11.8 Å². The van der Waals surface area contributed by atoms with E-state index >= 15 is 0 Å². The quantitative estimate of drug-likeness (QED) is 0.130. The van der Waals surface area contributed by atoms with Crippen LogP contribution in [-0.4, -0.2) is 57.4 Å². The molecule has 2 rings (SSSR count). The fraction of sp³-hybridized carbons (Fsp3) is 0.692. The number of alkyl halides is 1. The average Bonchev–Trinajstić information content (AvgIpc) is 2.83. The second-order valence-electron chi connectivity index (χ2n) is 5.87. The van der Waals surface area contributed by atoms with Crippen LogP contribution in [0.1, 0.15) is 32.1 Å². The van der Waals surface area contributed by atoms with E-state index in [2.05, 4.69) is 5.32 Å². The number of halogens is 1. The molecule has 3 amide bonds. The van der Waals surface area contributed by atoms with Crippen molar-refractivity contribution < 1.29 is 66.5 Å². The molecule has 140 valence electrons. The molecule has 1 atom stereocenters. The van der Waals surface area contributed by atoms with Crippen LogP contribution in [-0.2, 0) is 34.1 Å². The first-order chi connectivity index (χ1) is 11.6. The Balaban J connectivity index is 0.00000338. The third-order valence-corrected chi connectivity index (χ3v) is 5.90. The molecule has 2 aliphatic rings. The molecule has 0 bridgehead atoms. The van der Waals surface area contributed by atoms with E-state index in [0.717, 1.165) is 0 Å². The van der Waals surface area contributed by atoms with Gasteiger partial charge in [0.2, 0.25) is 5.91 Å². The molecule has 1 heterocycles. The van der Waals surface area contributed by atoms with Crippen LogP contribution in [0, 0.1) is 5.92 Å². The molecule has 0 radical (unpaired) electrons. The summed E-state index contributed by atoms with van der Waals surface area (Å²) in [6.07, 6.45) is 1.05. The molecule has 0 aromatic heterocycles. The fourth-order valence-electron chi connectivity index (χ4n) is 2.81. The van der Waals surface area contributed by atoms with Gasteiger partial charge in [-0.15, -0.1) is 5.06 Å². The Morgan fingerprint density at radius 3 is 2.27 bits per heavy atom. The molecule has 10 nitrogen and oxygen atoms in total. The minimum absolute atomic E-state index is 0. The smallest absolute Gasteiger partial charge is 0.747 e. The topological polar surface area (TPSA) is 150 Å². The molecule has 1 unspecified atom stereocenters. The molecule has 1 saturated carbocycles. The van der Waals surface area contributed by atoms with Gasteiger partial charge in [-0.1, -0.05) is 22.6 Å². The summed E-state index contributed by atoms with van der Waals surface area (Å²) in [5.41, 5.74) is 0. The molecule has 0 aromatic rings. The summed E-state index contributed by atoms with van der Waals surface area (Å²) in [5, 5.41) is 0.846. The van der Waals surface area contributed by atoms with Crippen LogP contribution in [0.25, 0.3) is 0 Å². The number of nitrogens with zero attached hydrogens (tertiary/aromatic N) is 1. The first-order valence-electron chi connectivity index (χ1n) is 7.52. The van der Waals surface area contributed by atoms with Crippen LogP contribution in [0.2, 0.25) is 0 Å². The summed E-state index contributed by atoms with van der Waals surface area (Å²) < 4.78 is 33.2. The maximum absolute atomic E-state index is 12.1. The van der Waals surface area contributed by atoms with Gasteiger partial charge in [0.1, 0.15) is 15.4 Å². The Hall–Kier alpha value is -0.280. The van der Waals surface area contributed by atoms with Crippen LogP contribution in [0.4, 0.5) is 0 Å². The van der Waals surface area contributed by atoms with Gasteiger partial charge in [0, 0.05) is 6.04 Å². The zero-order chi connectivity index (χ0) is 18.8. The van der Waals surface area contributed by atoms with Crippen molar-refractivity contribution in [2.75, 3.05) is 4.43 Å². The van der Waals surface area contributed by atoms with E-state index in [9.17, 15) is 32.1 Å². The molecule has 0 aromatic carbocycles. The summed E-state index contributed by atoms with van der Waals surface area (Å²) >= 11 is 1.94. The maximum atomic E-state index is 12.1. The Morgan fingerprint density at radius 1 is 1.23 bits per heavy atom. The molecular weight excluding hydrogens is 494 g/mol. The van der Waals surface area contributed by atoms with E-state index in [4.69, 9.17) is 4.84 Å². The Morgan fingerprint density at radius 2 is 1.81 bits per heavy atom. The van der Waals surface area contributed by atoms with Gasteiger partial charge in [-0.2, -0.15) is 0 Å². The molecule has 1 N–H and O–H groups in total. The summed E-state index contributed by atoms with van der Waals surface area (Å²) in [4.78, 5) is 51.6. The number of rotatable bonds is 5. The number of nitrogens with one attached hydrogen (secondary N) is 1. The molecule has 1 saturated heterocycles. The number of hydrogen-bond acceptors (Lipinski definition) is 8. The second-order valence-corrected chi connectivity index (χ2v) is 8.19. The summed E-state index contributed by atoms with van der Waals surface area (Å²) in [6.45, 7) is 0. The SMILES string of the molecule is O=C(CI)NC1CCC(C(=O)ON2C(=O)CC(S(=O)(=O)[O-])C2=O)CC1.[Na+]. The van der Waals surface area contributed by atoms with E-state index in [-0.39, 0.29) is 46.6 Å². The van der Waals surface area contributed by atoms with Gasteiger partial charge in [0.15, 0.2) is 0 Å². The number of carbonyl (C=O) groups excluding carboxylic acids is 4. The van der Waals surface area contributed by atoms with Crippen LogP contribution in [0.15, 0.2) is 0 Å². The van der Waals surface area contributed by atoms with Crippen molar-refractivity contribution in [3.63, 3.8) is 0 Å². The van der Waals surface area contributed by atoms with E-state index in [0.29, 0.717) is 30.1 Å². The largest absolute Gasteiger partial charge is 1.00 e. The van der Waals surface area contributed by atoms with Crippen molar-refractivity contribution in [1.82, 2.24) is 10.4 Å². The average molecular weight is 510 g/mol. The third kappa shape index (κ3) is 5.86. The van der Waals surface area contributed by atoms with Crippen molar-refractivity contribution in [2.24, 2.45) is 5.92 Å². The van der Waals surface area contributed by atoms with Crippen LogP contribution >= 0.6 is 22.6 Å². The first-order valence-corrected chi connectivity index (χ1v) is 10.5. The van der Waals surface area contributed by atoms with Gasteiger partial charge in [-0.3, -0.25) is 14.4 Å². The minimum Gasteiger partial charge on any atom is -0.747 e. The predicted molar refractivity (Wildman–Crippen MR) is 88.8 cm³/mol. The summed E-state index contributed by atoms with van der Waals surface area (Å²) in [7, 11) is -4.99. The van der Waals surface area contributed by atoms with E-state index in [1.54, 1.807) is 0 Å². The number of imide groups is 1. The predicted octanol–water partition coefficient (Wildman–Crippen LogP) is -3.77. The van der Waals surface area contributed by atoms with Crippen LogP contribution < -0.4 is 34.9 Å². The second kappa shape index (κ2) is 9.78. The molecule has 1 aliphatic carbocycles. The Bertz CT molecular complexity index is 692. The molecule has 0 spiro atoms. The normalized spacial score (nSPS) is 26.2. The zero-order valence-corrected chi connectivity index (χ0v) is 18.9. The zero-order valence-electron chi connectivity index (χ0n) is 14.0. The van der Waals surface area contributed by atoms with Gasteiger partial charge in [0.05, 0.1) is 16.8 Å². The van der Waals surface area contributed by atoms with E-state index in [1.165, 1.54) is 0 Å². The van der Waals surface area contributed by atoms with Gasteiger partial charge >= 0.3 is 35.5 Å². The number of hydroxylamine groups is 2. The molecule has 26 heavy (non-hydrogen) atoms. The molecule has 1 aliphatic heterocycles. The molecule has 2 fully saturated rings. The summed E-state index contributed by atoms with van der Waals surface area (Å²) in [5.74, 6) is -3.87. The van der Waals surface area contributed by atoms with Gasteiger partial charge in [-0.05, 0) is 25.7 Å². The Kier molecular flexibility index (Phi) is 8.93. The monoisotopic (exact) mass is 510 g/mol. The molecule has 13 heteroatoms. The maximum Gasteiger partial charge on any atom is 1.00 e. The minimum atomic E-state index is -4.99. The number of amides is 3. The summed E-state index contributed by atoms with van der Waals surface area (Å²) in [6, 6.07) is -0.0450. The standard InChI is InChI=1S/C13H17IN2O8S.Na/c14-6-10(17)15-8-3-1-7(2-4-8)13(20)24-16-11(18)5-9(12(16)19)25(21,22)23;/h7-9H,1-6H2,(H,15,17)(H,21,22,23);/q;+1/p-1. The molecular formula is C13H16IN2NaO8S. The first kappa shape index (κ1) is 23.8. The number of hydrogen-bond donors (Lipinski definition) is 1. The van der Waals surface area contributed by atoms with Gasteiger partial charge < -0.3 is 14.7 Å². The van der Waals surface area contributed by atoms with Crippen molar-refractivity contribution in [2.45, 2.75) is 43.4 Å². The van der Waals surface area contributed by atoms with Crippen molar-refractivity contribution in [3.05, 3.63) is 0 Å². The van der Waals surface area contributed by atoms with Crippen molar-refractivity contribution in [3.8, 4) is 0 Å². The van der Waals surface area contributed by atoms with Crippen molar-refractivity contribution >= 4 is 56.4 Å². The van der Waals surface area contributed by atoms with Crippen molar-refractivity contribution in [1.29, 1.82) is 0 Å². The van der Waals surface area contributed by atoms with Crippen LogP contribution in [0.5, 0.6) is 0 Å². The number of carbonyl (C=O) groups is 4. The van der Waals surface area contributed by atoms with Gasteiger partial charge in [-0.25, -0.2) is 13.2 Å².